The zero-order chi connectivity index (χ0) is 13.4. The summed E-state index contributed by atoms with van der Waals surface area (Å²) >= 11 is 1.32. The number of nitrogens with zero attached hydrogens (tertiary/aromatic N) is 2. The van der Waals surface area contributed by atoms with E-state index in [2.05, 4.69) is 9.27 Å². The maximum Gasteiger partial charge on any atom is 0.344 e. The van der Waals surface area contributed by atoms with Gasteiger partial charge in [-0.05, 0) is 49.1 Å². The van der Waals surface area contributed by atoms with Crippen molar-refractivity contribution in [1.82, 2.24) is 4.37 Å². The number of rotatable bonds is 6. The van der Waals surface area contributed by atoms with Crippen LogP contribution in [0.2, 0.25) is 0 Å². The first kappa shape index (κ1) is 12.7. The molecule has 0 amide bonds. The van der Waals surface area contributed by atoms with E-state index in [1.165, 1.54) is 44.3 Å². The van der Waals surface area contributed by atoms with E-state index in [1.807, 2.05) is 0 Å². The highest BCUT2D eigenvalue weighted by atomic mass is 32.1. The van der Waals surface area contributed by atoms with Gasteiger partial charge in [-0.25, -0.2) is 4.79 Å². The van der Waals surface area contributed by atoms with Crippen molar-refractivity contribution in [1.29, 1.82) is 0 Å². The lowest BCUT2D eigenvalue weighted by Crippen LogP contribution is -2.28. The number of anilines is 2. The fourth-order valence-corrected chi connectivity index (χ4v) is 3.09. The van der Waals surface area contributed by atoms with Crippen molar-refractivity contribution in [3.63, 3.8) is 0 Å². The molecule has 19 heavy (non-hydrogen) atoms. The Bertz CT molecular complexity index is 466. The second-order valence-electron chi connectivity index (χ2n) is 5.53. The molecule has 1 heterocycles. The number of methoxy groups -OCH3 is 1. The lowest BCUT2D eigenvalue weighted by atomic mass is 10.2. The molecule has 0 spiro atoms. The Labute approximate surface area is 116 Å². The molecule has 1 aromatic rings. The van der Waals surface area contributed by atoms with E-state index < -0.39 is 0 Å². The van der Waals surface area contributed by atoms with Gasteiger partial charge in [0, 0.05) is 13.1 Å². The van der Waals surface area contributed by atoms with E-state index in [-0.39, 0.29) is 5.97 Å². The summed E-state index contributed by atoms with van der Waals surface area (Å²) in [7, 11) is 1.38. The molecule has 2 N–H and O–H groups in total. The molecule has 2 fully saturated rings. The van der Waals surface area contributed by atoms with Gasteiger partial charge in [-0.1, -0.05) is 0 Å². The minimum absolute atomic E-state index is 0.295. The molecule has 2 aliphatic carbocycles. The van der Waals surface area contributed by atoms with Gasteiger partial charge in [-0.3, -0.25) is 0 Å². The summed E-state index contributed by atoms with van der Waals surface area (Å²) in [5.74, 6) is 1.46. The maximum atomic E-state index is 11.9. The molecular weight excluding hydrogens is 262 g/mol. The zero-order valence-electron chi connectivity index (χ0n) is 11.1. The van der Waals surface area contributed by atoms with E-state index in [0.29, 0.717) is 11.4 Å². The summed E-state index contributed by atoms with van der Waals surface area (Å²) in [4.78, 5) is 14.2. The third kappa shape index (κ3) is 2.83. The molecule has 2 aliphatic rings. The van der Waals surface area contributed by atoms with Crippen LogP contribution in [0.25, 0.3) is 0 Å². The predicted molar refractivity (Wildman–Crippen MR) is 75.5 cm³/mol. The van der Waals surface area contributed by atoms with E-state index in [0.717, 1.165) is 29.9 Å². The summed E-state index contributed by atoms with van der Waals surface area (Å²) in [5, 5.41) is 0.892. The van der Waals surface area contributed by atoms with Gasteiger partial charge in [0.15, 0.2) is 5.82 Å². The van der Waals surface area contributed by atoms with Crippen molar-refractivity contribution in [2.45, 2.75) is 25.7 Å². The fourth-order valence-electron chi connectivity index (χ4n) is 2.27. The third-order valence-electron chi connectivity index (χ3n) is 3.73. The molecule has 3 rings (SSSR count). The third-order valence-corrected chi connectivity index (χ3v) is 4.65. The maximum absolute atomic E-state index is 11.9. The number of hydrogen-bond acceptors (Lipinski definition) is 6. The number of nitrogens with two attached hydrogens (primary N) is 1. The average Bonchev–Trinajstić information content (AvgIpc) is 3.31. The van der Waals surface area contributed by atoms with Crippen LogP contribution in [0, 0.1) is 11.8 Å². The van der Waals surface area contributed by atoms with Gasteiger partial charge < -0.3 is 15.4 Å². The monoisotopic (exact) mass is 281 g/mol. The predicted octanol–water partition coefficient (Wildman–Crippen LogP) is 2.14. The van der Waals surface area contributed by atoms with Crippen molar-refractivity contribution in [2.75, 3.05) is 30.8 Å². The Morgan fingerprint density at radius 2 is 1.95 bits per heavy atom. The lowest BCUT2D eigenvalue weighted by Gasteiger charge is -2.23. The van der Waals surface area contributed by atoms with Crippen molar-refractivity contribution in [3.8, 4) is 0 Å². The van der Waals surface area contributed by atoms with Gasteiger partial charge in [-0.15, -0.1) is 0 Å². The molecule has 0 radical (unpaired) electrons. The Hall–Kier alpha value is -1.30. The zero-order valence-corrected chi connectivity index (χ0v) is 11.9. The Morgan fingerprint density at radius 1 is 1.37 bits per heavy atom. The van der Waals surface area contributed by atoms with Crippen LogP contribution in [0.4, 0.5) is 10.8 Å². The standard InChI is InChI=1S/C13H19N3O2S/c1-18-13(17)10-11(14)15-19-12(10)16(6-8-2-3-8)7-9-4-5-9/h8-9H,2-7H2,1H3,(H2,14,15). The first-order chi connectivity index (χ1) is 9.19. The van der Waals surface area contributed by atoms with Gasteiger partial charge in [0.25, 0.3) is 0 Å². The van der Waals surface area contributed by atoms with Crippen molar-refractivity contribution < 1.29 is 9.53 Å². The summed E-state index contributed by atoms with van der Waals surface area (Å²) in [6, 6.07) is 0. The molecule has 0 unspecified atom stereocenters. The van der Waals surface area contributed by atoms with E-state index in [4.69, 9.17) is 10.5 Å². The highest BCUT2D eigenvalue weighted by Gasteiger charge is 2.33. The first-order valence-electron chi connectivity index (χ1n) is 6.77. The molecule has 0 saturated heterocycles. The van der Waals surface area contributed by atoms with Gasteiger partial charge >= 0.3 is 5.97 Å². The first-order valence-corrected chi connectivity index (χ1v) is 7.54. The molecule has 0 aliphatic heterocycles. The van der Waals surface area contributed by atoms with Gasteiger partial charge in [0.05, 0.1) is 7.11 Å². The highest BCUT2D eigenvalue weighted by Crippen LogP contribution is 2.39. The van der Waals surface area contributed by atoms with Crippen molar-refractivity contribution in [2.24, 2.45) is 11.8 Å². The molecular formula is C13H19N3O2S. The SMILES string of the molecule is COC(=O)c1c(N)nsc1N(CC1CC1)CC1CC1. The summed E-state index contributed by atoms with van der Waals surface area (Å²) in [6.07, 6.45) is 5.18. The van der Waals surface area contributed by atoms with E-state index in [9.17, 15) is 4.79 Å². The molecule has 5 nitrogen and oxygen atoms in total. The molecule has 2 saturated carbocycles. The largest absolute Gasteiger partial charge is 0.465 e. The molecule has 0 aromatic carbocycles. The smallest absolute Gasteiger partial charge is 0.344 e. The summed E-state index contributed by atoms with van der Waals surface area (Å²) in [6.45, 7) is 2.03. The molecule has 6 heteroatoms. The van der Waals surface area contributed by atoms with Crippen LogP contribution in [0.1, 0.15) is 36.0 Å². The number of aromatic nitrogens is 1. The second kappa shape index (κ2) is 5.00. The minimum Gasteiger partial charge on any atom is -0.465 e. The summed E-state index contributed by atoms with van der Waals surface area (Å²) < 4.78 is 8.97. The van der Waals surface area contributed by atoms with Crippen LogP contribution in [-0.4, -0.2) is 30.5 Å². The van der Waals surface area contributed by atoms with E-state index in [1.54, 1.807) is 0 Å². The number of ether oxygens (including phenoxy) is 1. The molecule has 1 aromatic heterocycles. The van der Waals surface area contributed by atoms with Crippen molar-refractivity contribution in [3.05, 3.63) is 5.56 Å². The van der Waals surface area contributed by atoms with Crippen LogP contribution < -0.4 is 10.6 Å². The van der Waals surface area contributed by atoms with Crippen molar-refractivity contribution >= 4 is 28.3 Å². The molecule has 104 valence electrons. The molecule has 0 atom stereocenters. The number of nitrogen functional groups attached to an aromatic ring is 1. The fraction of sp³-hybridized carbons (Fsp3) is 0.692. The van der Waals surface area contributed by atoms with Crippen LogP contribution in [-0.2, 0) is 4.74 Å². The van der Waals surface area contributed by atoms with Crippen LogP contribution in [0.5, 0.6) is 0 Å². The lowest BCUT2D eigenvalue weighted by molar-refractivity contribution is 0.0603. The topological polar surface area (TPSA) is 68.5 Å². The van der Waals surface area contributed by atoms with Gasteiger partial charge in [0.2, 0.25) is 0 Å². The number of hydrogen-bond donors (Lipinski definition) is 1. The van der Waals surface area contributed by atoms with Gasteiger partial charge in [0.1, 0.15) is 10.6 Å². The summed E-state index contributed by atoms with van der Waals surface area (Å²) in [5.41, 5.74) is 6.27. The Morgan fingerprint density at radius 3 is 2.42 bits per heavy atom. The van der Waals surface area contributed by atoms with Gasteiger partial charge in [-0.2, -0.15) is 4.37 Å². The Balaban J connectivity index is 1.84. The minimum atomic E-state index is -0.377. The normalized spacial score (nSPS) is 18.4. The number of esters is 1. The number of carbonyl (C=O) groups is 1. The quantitative estimate of drug-likeness (QED) is 0.809. The van der Waals surface area contributed by atoms with Crippen LogP contribution in [0.3, 0.4) is 0 Å². The second-order valence-corrected chi connectivity index (χ2v) is 6.28. The number of carbonyl (C=O) groups excluding carboxylic acids is 1. The highest BCUT2D eigenvalue weighted by molar-refractivity contribution is 7.11. The van der Waals surface area contributed by atoms with E-state index >= 15 is 0 Å². The van der Waals surface area contributed by atoms with Crippen LogP contribution in [0.15, 0.2) is 0 Å². The Kier molecular flexibility index (Phi) is 3.35. The average molecular weight is 281 g/mol. The molecule has 0 bridgehead atoms. The van der Waals surface area contributed by atoms with Crippen LogP contribution >= 0.6 is 11.5 Å².